The third kappa shape index (κ3) is 3.47. The van der Waals surface area contributed by atoms with Crippen molar-refractivity contribution < 1.29 is 14.7 Å². The molecule has 19 heavy (non-hydrogen) atoms. The van der Waals surface area contributed by atoms with E-state index >= 15 is 0 Å². The first-order chi connectivity index (χ1) is 8.97. The Bertz CT molecular complexity index is 359. The molecular weight excluding hydrogens is 244 g/mol. The van der Waals surface area contributed by atoms with Crippen LogP contribution in [0.4, 0.5) is 0 Å². The van der Waals surface area contributed by atoms with Crippen molar-refractivity contribution in [2.24, 2.45) is 11.8 Å². The molecule has 0 aromatic rings. The number of carboxylic acid groups (broad SMARTS) is 1. The Balaban J connectivity index is 1.80. The lowest BCUT2D eigenvalue weighted by Crippen LogP contribution is -2.48. The summed E-state index contributed by atoms with van der Waals surface area (Å²) in [5, 5.41) is 12.1. The minimum Gasteiger partial charge on any atom is -0.481 e. The van der Waals surface area contributed by atoms with E-state index in [9.17, 15) is 9.59 Å². The second kappa shape index (κ2) is 5.90. The molecule has 2 N–H and O–H groups in total. The van der Waals surface area contributed by atoms with Gasteiger partial charge in [-0.15, -0.1) is 0 Å². The normalized spacial score (nSPS) is 36.1. The number of carboxylic acids is 1. The summed E-state index contributed by atoms with van der Waals surface area (Å²) in [5.41, 5.74) is 0. The van der Waals surface area contributed by atoms with Crippen LogP contribution >= 0.6 is 0 Å². The Morgan fingerprint density at radius 2 is 1.84 bits per heavy atom. The molecule has 2 unspecified atom stereocenters. The summed E-state index contributed by atoms with van der Waals surface area (Å²) in [6.45, 7) is 3.18. The number of carbonyl (C=O) groups excluding carboxylic acids is 1. The molecule has 0 spiro atoms. The SMILES string of the molecule is CC1CC(NC(=O)[C@@H]2CC[C@H](C(=O)O)C2)CCN1C. The quantitative estimate of drug-likeness (QED) is 0.804. The molecule has 2 fully saturated rings. The van der Waals surface area contributed by atoms with Gasteiger partial charge in [-0.2, -0.15) is 0 Å². The highest BCUT2D eigenvalue weighted by Crippen LogP contribution is 2.31. The number of rotatable bonds is 3. The van der Waals surface area contributed by atoms with Gasteiger partial charge in [-0.25, -0.2) is 0 Å². The molecule has 1 saturated carbocycles. The molecule has 5 heteroatoms. The lowest BCUT2D eigenvalue weighted by molar-refractivity contribution is -0.141. The molecule has 2 aliphatic rings. The zero-order chi connectivity index (χ0) is 14.0. The highest BCUT2D eigenvalue weighted by molar-refractivity contribution is 5.81. The lowest BCUT2D eigenvalue weighted by Gasteiger charge is -2.35. The summed E-state index contributed by atoms with van der Waals surface area (Å²) < 4.78 is 0. The number of nitrogens with zero attached hydrogens (tertiary/aromatic N) is 1. The maximum atomic E-state index is 12.2. The molecule has 1 aliphatic carbocycles. The van der Waals surface area contributed by atoms with E-state index in [2.05, 4.69) is 24.2 Å². The fraction of sp³-hybridized carbons (Fsp3) is 0.857. The van der Waals surface area contributed by atoms with E-state index in [1.54, 1.807) is 0 Å². The van der Waals surface area contributed by atoms with E-state index in [0.717, 1.165) is 19.4 Å². The van der Waals surface area contributed by atoms with Crippen LogP contribution in [0.15, 0.2) is 0 Å². The summed E-state index contributed by atoms with van der Waals surface area (Å²) in [4.78, 5) is 25.4. The van der Waals surface area contributed by atoms with Crippen molar-refractivity contribution in [3.63, 3.8) is 0 Å². The molecule has 1 aliphatic heterocycles. The van der Waals surface area contributed by atoms with E-state index in [-0.39, 0.29) is 23.8 Å². The first-order valence-corrected chi connectivity index (χ1v) is 7.20. The smallest absolute Gasteiger partial charge is 0.306 e. The van der Waals surface area contributed by atoms with Gasteiger partial charge in [0.25, 0.3) is 0 Å². The van der Waals surface area contributed by atoms with E-state index in [0.29, 0.717) is 25.3 Å². The Hall–Kier alpha value is -1.10. The lowest BCUT2D eigenvalue weighted by atomic mass is 9.97. The van der Waals surface area contributed by atoms with Crippen LogP contribution in [0.25, 0.3) is 0 Å². The standard InChI is InChI=1S/C14H24N2O3/c1-9-7-12(5-6-16(9)2)15-13(17)10-3-4-11(8-10)14(18)19/h9-12H,3-8H2,1-2H3,(H,15,17)(H,18,19)/t9?,10-,11+,12?/m1/s1. The maximum Gasteiger partial charge on any atom is 0.306 e. The fourth-order valence-electron chi connectivity index (χ4n) is 3.18. The predicted molar refractivity (Wildman–Crippen MR) is 71.7 cm³/mol. The Kier molecular flexibility index (Phi) is 4.45. The zero-order valence-corrected chi connectivity index (χ0v) is 11.8. The zero-order valence-electron chi connectivity index (χ0n) is 11.8. The molecule has 0 bridgehead atoms. The van der Waals surface area contributed by atoms with Crippen molar-refractivity contribution >= 4 is 11.9 Å². The van der Waals surface area contributed by atoms with Gasteiger partial charge in [0.15, 0.2) is 0 Å². The predicted octanol–water partition coefficient (Wildman–Crippen LogP) is 1.09. The third-order valence-corrected chi connectivity index (χ3v) is 4.71. The first kappa shape index (κ1) is 14.3. The first-order valence-electron chi connectivity index (χ1n) is 7.20. The van der Waals surface area contributed by atoms with Gasteiger partial charge < -0.3 is 15.3 Å². The van der Waals surface area contributed by atoms with Gasteiger partial charge in [-0.3, -0.25) is 9.59 Å². The molecule has 1 saturated heterocycles. The summed E-state index contributed by atoms with van der Waals surface area (Å²) in [6, 6.07) is 0.747. The number of carbonyl (C=O) groups is 2. The summed E-state index contributed by atoms with van der Waals surface area (Å²) in [5.74, 6) is -1.13. The fourth-order valence-corrected chi connectivity index (χ4v) is 3.18. The van der Waals surface area contributed by atoms with Crippen molar-refractivity contribution in [2.75, 3.05) is 13.6 Å². The second-order valence-electron chi connectivity index (χ2n) is 6.10. The minimum atomic E-state index is -0.761. The number of amides is 1. The van der Waals surface area contributed by atoms with Gasteiger partial charge in [-0.05, 0) is 46.1 Å². The number of piperidine rings is 1. The maximum absolute atomic E-state index is 12.2. The van der Waals surface area contributed by atoms with Crippen LogP contribution in [0.3, 0.4) is 0 Å². The highest BCUT2D eigenvalue weighted by Gasteiger charge is 2.35. The molecule has 0 aromatic carbocycles. The van der Waals surface area contributed by atoms with Gasteiger partial charge in [0.1, 0.15) is 0 Å². The molecule has 1 heterocycles. The van der Waals surface area contributed by atoms with E-state index < -0.39 is 5.97 Å². The van der Waals surface area contributed by atoms with Crippen molar-refractivity contribution in [3.05, 3.63) is 0 Å². The van der Waals surface area contributed by atoms with Crippen molar-refractivity contribution in [1.29, 1.82) is 0 Å². The van der Waals surface area contributed by atoms with Gasteiger partial charge in [0.05, 0.1) is 5.92 Å². The van der Waals surface area contributed by atoms with Crippen LogP contribution in [-0.4, -0.2) is 47.6 Å². The minimum absolute atomic E-state index is 0.0607. The molecule has 0 radical (unpaired) electrons. The third-order valence-electron chi connectivity index (χ3n) is 4.71. The average Bonchev–Trinajstić information content (AvgIpc) is 2.83. The Morgan fingerprint density at radius 1 is 1.16 bits per heavy atom. The molecule has 108 valence electrons. The van der Waals surface area contributed by atoms with Crippen molar-refractivity contribution in [1.82, 2.24) is 10.2 Å². The number of likely N-dealkylation sites (tertiary alicyclic amines) is 1. The summed E-state index contributed by atoms with van der Waals surface area (Å²) >= 11 is 0. The summed E-state index contributed by atoms with van der Waals surface area (Å²) in [7, 11) is 2.11. The van der Waals surface area contributed by atoms with E-state index in [1.807, 2.05) is 0 Å². The number of hydrogen-bond donors (Lipinski definition) is 2. The van der Waals surface area contributed by atoms with Crippen molar-refractivity contribution in [2.45, 2.75) is 51.1 Å². The molecule has 4 atom stereocenters. The number of aliphatic carboxylic acids is 1. The Morgan fingerprint density at radius 3 is 2.42 bits per heavy atom. The average molecular weight is 268 g/mol. The van der Waals surface area contributed by atoms with Gasteiger partial charge in [0, 0.05) is 24.5 Å². The van der Waals surface area contributed by atoms with Gasteiger partial charge in [0.2, 0.25) is 5.91 Å². The van der Waals surface area contributed by atoms with Crippen LogP contribution < -0.4 is 5.32 Å². The topological polar surface area (TPSA) is 69.6 Å². The van der Waals surface area contributed by atoms with Gasteiger partial charge in [-0.1, -0.05) is 0 Å². The number of nitrogens with one attached hydrogen (secondary N) is 1. The van der Waals surface area contributed by atoms with Crippen LogP contribution in [0, 0.1) is 11.8 Å². The van der Waals surface area contributed by atoms with Crippen LogP contribution in [0.5, 0.6) is 0 Å². The molecule has 2 rings (SSSR count). The monoisotopic (exact) mass is 268 g/mol. The molecule has 5 nitrogen and oxygen atoms in total. The Labute approximate surface area is 114 Å². The van der Waals surface area contributed by atoms with E-state index in [4.69, 9.17) is 5.11 Å². The van der Waals surface area contributed by atoms with Crippen LogP contribution in [-0.2, 0) is 9.59 Å². The highest BCUT2D eigenvalue weighted by atomic mass is 16.4. The molecule has 0 aromatic heterocycles. The second-order valence-corrected chi connectivity index (χ2v) is 6.10. The number of hydrogen-bond acceptors (Lipinski definition) is 3. The van der Waals surface area contributed by atoms with Crippen molar-refractivity contribution in [3.8, 4) is 0 Å². The molecular formula is C14H24N2O3. The van der Waals surface area contributed by atoms with Crippen LogP contribution in [0.1, 0.15) is 39.0 Å². The summed E-state index contributed by atoms with van der Waals surface area (Å²) in [6.07, 6.45) is 3.82. The largest absolute Gasteiger partial charge is 0.481 e. The van der Waals surface area contributed by atoms with Gasteiger partial charge >= 0.3 is 5.97 Å². The molecule has 1 amide bonds. The van der Waals surface area contributed by atoms with E-state index in [1.165, 1.54) is 0 Å². The van der Waals surface area contributed by atoms with Crippen LogP contribution in [0.2, 0.25) is 0 Å².